The predicted octanol–water partition coefficient (Wildman–Crippen LogP) is 0.923. The molecule has 17 heavy (non-hydrogen) atoms. The summed E-state index contributed by atoms with van der Waals surface area (Å²) in [4.78, 5) is 13.3. The highest BCUT2D eigenvalue weighted by Gasteiger charge is 2.13. The van der Waals surface area contributed by atoms with E-state index in [-0.39, 0.29) is 5.97 Å². The molecule has 0 heterocycles. The van der Waals surface area contributed by atoms with Crippen molar-refractivity contribution in [2.75, 3.05) is 47.6 Å². The Hall–Kier alpha value is -0.650. The van der Waals surface area contributed by atoms with E-state index in [1.54, 1.807) is 14.2 Å². The Bertz CT molecular complexity index is 199. The second-order valence-corrected chi connectivity index (χ2v) is 4.01. The Labute approximate surface area is 104 Å². The van der Waals surface area contributed by atoms with Crippen molar-refractivity contribution in [3.8, 4) is 0 Å². The molecule has 0 aliphatic rings. The fourth-order valence-corrected chi connectivity index (χ4v) is 1.64. The molecule has 0 saturated heterocycles. The van der Waals surface area contributed by atoms with Gasteiger partial charge in [-0.1, -0.05) is 0 Å². The second kappa shape index (κ2) is 10.5. The molecule has 102 valence electrons. The summed E-state index contributed by atoms with van der Waals surface area (Å²) >= 11 is 0. The van der Waals surface area contributed by atoms with Crippen LogP contribution in [0.5, 0.6) is 0 Å². The second-order valence-electron chi connectivity index (χ2n) is 4.01. The lowest BCUT2D eigenvalue weighted by molar-refractivity contribution is -0.140. The van der Waals surface area contributed by atoms with Gasteiger partial charge in [0.25, 0.3) is 0 Å². The number of carbonyl (C=O) groups is 1. The van der Waals surface area contributed by atoms with E-state index in [1.807, 2.05) is 0 Å². The summed E-state index contributed by atoms with van der Waals surface area (Å²) in [5, 5.41) is 0. The minimum absolute atomic E-state index is 0.156. The van der Waals surface area contributed by atoms with Crippen LogP contribution in [0, 0.1) is 0 Å². The number of ether oxygens (including phenoxy) is 3. The smallest absolute Gasteiger partial charge is 0.305 e. The van der Waals surface area contributed by atoms with Gasteiger partial charge in [0.15, 0.2) is 0 Å². The molecule has 0 rings (SSSR count). The van der Waals surface area contributed by atoms with Gasteiger partial charge in [0, 0.05) is 33.2 Å². The lowest BCUT2D eigenvalue weighted by Crippen LogP contribution is -2.39. The summed E-state index contributed by atoms with van der Waals surface area (Å²) in [5.74, 6) is -0.156. The minimum Gasteiger partial charge on any atom is -0.469 e. The van der Waals surface area contributed by atoms with Crippen LogP contribution in [-0.4, -0.2) is 64.5 Å². The highest BCUT2D eigenvalue weighted by Crippen LogP contribution is 2.03. The number of hydrogen-bond donors (Lipinski definition) is 0. The molecule has 0 aromatic rings. The molecule has 0 amide bonds. The number of esters is 1. The van der Waals surface area contributed by atoms with Crippen molar-refractivity contribution in [2.24, 2.45) is 0 Å². The van der Waals surface area contributed by atoms with E-state index in [1.165, 1.54) is 7.11 Å². The van der Waals surface area contributed by atoms with E-state index in [9.17, 15) is 4.79 Å². The van der Waals surface area contributed by atoms with Gasteiger partial charge in [0.1, 0.15) is 0 Å². The standard InChI is InChI=1S/C12H25NO4/c1-11(10-16-3)13(8-9-15-2)7-5-6-12(14)17-4/h11H,5-10H2,1-4H3. The van der Waals surface area contributed by atoms with E-state index < -0.39 is 0 Å². The Balaban J connectivity index is 3.95. The summed E-state index contributed by atoms with van der Waals surface area (Å²) in [6.07, 6.45) is 1.25. The van der Waals surface area contributed by atoms with E-state index >= 15 is 0 Å². The first-order valence-electron chi connectivity index (χ1n) is 5.94. The Morgan fingerprint density at radius 1 is 1.18 bits per heavy atom. The van der Waals surface area contributed by atoms with Gasteiger partial charge in [-0.15, -0.1) is 0 Å². The lowest BCUT2D eigenvalue weighted by Gasteiger charge is -2.28. The molecule has 0 saturated carbocycles. The average molecular weight is 247 g/mol. The van der Waals surface area contributed by atoms with Crippen LogP contribution in [0.4, 0.5) is 0 Å². The normalized spacial score (nSPS) is 12.8. The lowest BCUT2D eigenvalue weighted by atomic mass is 10.2. The van der Waals surface area contributed by atoms with Crippen molar-refractivity contribution in [1.29, 1.82) is 0 Å². The topological polar surface area (TPSA) is 48.0 Å². The zero-order valence-electron chi connectivity index (χ0n) is 11.4. The van der Waals surface area contributed by atoms with E-state index in [4.69, 9.17) is 9.47 Å². The van der Waals surface area contributed by atoms with Crippen LogP contribution in [0.25, 0.3) is 0 Å². The van der Waals surface area contributed by atoms with Crippen LogP contribution in [0.3, 0.4) is 0 Å². The van der Waals surface area contributed by atoms with Gasteiger partial charge in [0.2, 0.25) is 0 Å². The monoisotopic (exact) mass is 247 g/mol. The van der Waals surface area contributed by atoms with Crippen molar-refractivity contribution in [1.82, 2.24) is 4.90 Å². The third-order valence-electron chi connectivity index (χ3n) is 2.67. The molecule has 0 aliphatic heterocycles. The molecule has 1 unspecified atom stereocenters. The molecule has 0 N–H and O–H groups in total. The van der Waals surface area contributed by atoms with Crippen LogP contribution in [-0.2, 0) is 19.0 Å². The van der Waals surface area contributed by atoms with Crippen molar-refractivity contribution < 1.29 is 19.0 Å². The van der Waals surface area contributed by atoms with Crippen molar-refractivity contribution >= 4 is 5.97 Å². The maximum absolute atomic E-state index is 11.0. The fraction of sp³-hybridized carbons (Fsp3) is 0.917. The molecular formula is C12H25NO4. The molecule has 1 atom stereocenters. The summed E-state index contributed by atoms with van der Waals surface area (Å²) < 4.78 is 14.8. The van der Waals surface area contributed by atoms with Crippen LogP contribution in [0.1, 0.15) is 19.8 Å². The largest absolute Gasteiger partial charge is 0.469 e. The van der Waals surface area contributed by atoms with Gasteiger partial charge in [-0.25, -0.2) is 0 Å². The molecule has 0 aliphatic carbocycles. The van der Waals surface area contributed by atoms with Gasteiger partial charge < -0.3 is 14.2 Å². The van der Waals surface area contributed by atoms with E-state index in [0.29, 0.717) is 25.7 Å². The molecule has 5 heteroatoms. The van der Waals surface area contributed by atoms with Crippen molar-refractivity contribution in [3.05, 3.63) is 0 Å². The molecular weight excluding hydrogens is 222 g/mol. The highest BCUT2D eigenvalue weighted by atomic mass is 16.5. The highest BCUT2D eigenvalue weighted by molar-refractivity contribution is 5.69. The summed E-state index contributed by atoms with van der Waals surface area (Å²) in [7, 11) is 4.80. The Kier molecular flexibility index (Phi) is 10.1. The van der Waals surface area contributed by atoms with Gasteiger partial charge >= 0.3 is 5.97 Å². The van der Waals surface area contributed by atoms with Crippen LogP contribution >= 0.6 is 0 Å². The van der Waals surface area contributed by atoms with Crippen LogP contribution < -0.4 is 0 Å². The van der Waals surface area contributed by atoms with E-state index in [2.05, 4.69) is 16.6 Å². The van der Waals surface area contributed by atoms with Gasteiger partial charge in [0.05, 0.1) is 20.3 Å². The number of methoxy groups -OCH3 is 3. The molecule has 5 nitrogen and oxygen atoms in total. The van der Waals surface area contributed by atoms with Crippen LogP contribution in [0.15, 0.2) is 0 Å². The van der Waals surface area contributed by atoms with E-state index in [0.717, 1.165) is 19.5 Å². The first-order valence-corrected chi connectivity index (χ1v) is 5.94. The maximum atomic E-state index is 11.0. The van der Waals surface area contributed by atoms with Gasteiger partial charge in [-0.2, -0.15) is 0 Å². The molecule has 0 aromatic heterocycles. The summed E-state index contributed by atoms with van der Waals surface area (Å²) in [6.45, 7) is 5.18. The summed E-state index contributed by atoms with van der Waals surface area (Å²) in [6, 6.07) is 0.327. The maximum Gasteiger partial charge on any atom is 0.305 e. The molecule has 0 radical (unpaired) electrons. The fourth-order valence-electron chi connectivity index (χ4n) is 1.64. The Morgan fingerprint density at radius 3 is 2.41 bits per heavy atom. The first kappa shape index (κ1) is 16.4. The number of carbonyl (C=O) groups excluding carboxylic acids is 1. The van der Waals surface area contributed by atoms with Gasteiger partial charge in [-0.3, -0.25) is 9.69 Å². The first-order chi connectivity index (χ1) is 8.15. The predicted molar refractivity (Wildman–Crippen MR) is 66.0 cm³/mol. The Morgan fingerprint density at radius 2 is 1.88 bits per heavy atom. The number of hydrogen-bond acceptors (Lipinski definition) is 5. The quantitative estimate of drug-likeness (QED) is 0.537. The van der Waals surface area contributed by atoms with Gasteiger partial charge in [-0.05, 0) is 19.9 Å². The zero-order valence-corrected chi connectivity index (χ0v) is 11.4. The van der Waals surface area contributed by atoms with Crippen molar-refractivity contribution in [3.63, 3.8) is 0 Å². The molecule has 0 spiro atoms. The number of nitrogens with zero attached hydrogens (tertiary/aromatic N) is 1. The SMILES string of the molecule is COCCN(CCCC(=O)OC)C(C)COC. The zero-order chi connectivity index (χ0) is 13.1. The molecule has 0 fully saturated rings. The third-order valence-corrected chi connectivity index (χ3v) is 2.67. The van der Waals surface area contributed by atoms with Crippen LogP contribution in [0.2, 0.25) is 0 Å². The number of rotatable bonds is 10. The summed E-state index contributed by atoms with van der Waals surface area (Å²) in [5.41, 5.74) is 0. The third kappa shape index (κ3) is 8.12. The minimum atomic E-state index is -0.156. The molecule has 0 bridgehead atoms. The molecule has 0 aromatic carbocycles. The average Bonchev–Trinajstić information content (AvgIpc) is 2.33. The van der Waals surface area contributed by atoms with Crippen molar-refractivity contribution in [2.45, 2.75) is 25.8 Å².